The molecule has 2 rings (SSSR count). The molecule has 1 heterocycles. The van der Waals surface area contributed by atoms with Crippen LogP contribution in [0.4, 0.5) is 0 Å². The highest BCUT2D eigenvalue weighted by Crippen LogP contribution is 2.26. The number of hydrogen-bond acceptors (Lipinski definition) is 2. The number of nitrogens with zero attached hydrogens (tertiary/aromatic N) is 1. The highest BCUT2D eigenvalue weighted by molar-refractivity contribution is 5.13. The minimum Gasteiger partial charge on any atom is -0.307 e. The van der Waals surface area contributed by atoms with Crippen LogP contribution in [-0.4, -0.2) is 11.0 Å². The molecule has 0 amide bonds. The molecule has 1 aromatic heterocycles. The fourth-order valence-electron chi connectivity index (χ4n) is 2.44. The van der Waals surface area contributed by atoms with Gasteiger partial charge in [0.25, 0.3) is 0 Å². The van der Waals surface area contributed by atoms with E-state index in [-0.39, 0.29) is 0 Å². The second-order valence-corrected chi connectivity index (χ2v) is 4.79. The van der Waals surface area contributed by atoms with Crippen LogP contribution in [0.1, 0.15) is 44.7 Å². The Morgan fingerprint density at radius 2 is 2.33 bits per heavy atom. The molecule has 0 bridgehead atoms. The van der Waals surface area contributed by atoms with Crippen LogP contribution >= 0.6 is 0 Å². The van der Waals surface area contributed by atoms with Crippen molar-refractivity contribution in [2.24, 2.45) is 5.92 Å². The largest absolute Gasteiger partial charge is 0.307 e. The zero-order valence-corrected chi connectivity index (χ0v) is 9.61. The summed E-state index contributed by atoms with van der Waals surface area (Å²) in [6.07, 6.45) is 7.80. The average molecular weight is 204 g/mol. The van der Waals surface area contributed by atoms with Crippen molar-refractivity contribution in [2.45, 2.75) is 45.2 Å². The Bertz CT molecular complexity index is 297. The average Bonchev–Trinajstić information content (AvgIpc) is 2.65. The number of pyridine rings is 1. The summed E-state index contributed by atoms with van der Waals surface area (Å²) in [5.41, 5.74) is 1.29. The van der Waals surface area contributed by atoms with Crippen LogP contribution < -0.4 is 5.32 Å². The van der Waals surface area contributed by atoms with Gasteiger partial charge in [0.2, 0.25) is 0 Å². The van der Waals surface area contributed by atoms with Gasteiger partial charge in [-0.25, -0.2) is 0 Å². The van der Waals surface area contributed by atoms with E-state index < -0.39 is 0 Å². The molecule has 0 aromatic carbocycles. The SMILES string of the molecule is C[C@@H]1CC[C@H](N[C@@H](C)c2cccnc2)C1. The fourth-order valence-corrected chi connectivity index (χ4v) is 2.44. The lowest BCUT2D eigenvalue weighted by molar-refractivity contribution is 0.448. The summed E-state index contributed by atoms with van der Waals surface area (Å²) in [5, 5.41) is 3.69. The Morgan fingerprint density at radius 1 is 1.47 bits per heavy atom. The van der Waals surface area contributed by atoms with E-state index in [0.717, 1.165) is 5.92 Å². The first-order chi connectivity index (χ1) is 7.25. The first kappa shape index (κ1) is 10.6. The summed E-state index contributed by atoms with van der Waals surface area (Å²) in [6, 6.07) is 5.28. The second-order valence-electron chi connectivity index (χ2n) is 4.79. The Morgan fingerprint density at radius 3 is 2.93 bits per heavy atom. The molecule has 1 N–H and O–H groups in total. The van der Waals surface area contributed by atoms with Gasteiger partial charge >= 0.3 is 0 Å². The molecule has 2 nitrogen and oxygen atoms in total. The van der Waals surface area contributed by atoms with Gasteiger partial charge in [-0.3, -0.25) is 4.98 Å². The normalized spacial score (nSPS) is 27.9. The van der Waals surface area contributed by atoms with Crippen molar-refractivity contribution in [1.82, 2.24) is 10.3 Å². The number of aromatic nitrogens is 1. The molecule has 0 aliphatic heterocycles. The molecule has 0 unspecified atom stereocenters. The third-order valence-electron chi connectivity index (χ3n) is 3.36. The highest BCUT2D eigenvalue weighted by Gasteiger charge is 2.22. The lowest BCUT2D eigenvalue weighted by Crippen LogP contribution is -2.29. The fraction of sp³-hybridized carbons (Fsp3) is 0.615. The third-order valence-corrected chi connectivity index (χ3v) is 3.36. The van der Waals surface area contributed by atoms with Crippen molar-refractivity contribution >= 4 is 0 Å². The standard InChI is InChI=1S/C13H20N2/c1-10-5-6-13(8-10)15-11(2)12-4-3-7-14-9-12/h3-4,7,9-11,13,15H,5-6,8H2,1-2H3/t10-,11+,13+/m1/s1. The Labute approximate surface area is 92.1 Å². The summed E-state index contributed by atoms with van der Waals surface area (Å²) in [6.45, 7) is 4.57. The molecule has 0 saturated heterocycles. The van der Waals surface area contributed by atoms with Crippen LogP contribution in [0.3, 0.4) is 0 Å². The van der Waals surface area contributed by atoms with E-state index in [9.17, 15) is 0 Å². The Kier molecular flexibility index (Phi) is 3.37. The van der Waals surface area contributed by atoms with E-state index in [0.29, 0.717) is 12.1 Å². The first-order valence-electron chi connectivity index (χ1n) is 5.91. The van der Waals surface area contributed by atoms with Crippen LogP contribution in [0.2, 0.25) is 0 Å². The molecular weight excluding hydrogens is 184 g/mol. The van der Waals surface area contributed by atoms with Crippen LogP contribution in [-0.2, 0) is 0 Å². The van der Waals surface area contributed by atoms with Crippen molar-refractivity contribution in [3.63, 3.8) is 0 Å². The van der Waals surface area contributed by atoms with Crippen LogP contribution in [0.15, 0.2) is 24.5 Å². The highest BCUT2D eigenvalue weighted by atomic mass is 15.0. The van der Waals surface area contributed by atoms with Gasteiger partial charge in [-0.1, -0.05) is 13.0 Å². The zero-order chi connectivity index (χ0) is 10.7. The van der Waals surface area contributed by atoms with Gasteiger partial charge in [0.05, 0.1) is 0 Å². The number of nitrogens with one attached hydrogen (secondary N) is 1. The van der Waals surface area contributed by atoms with E-state index in [4.69, 9.17) is 0 Å². The molecular formula is C13H20N2. The summed E-state index contributed by atoms with van der Waals surface area (Å²) in [5.74, 6) is 0.892. The van der Waals surface area contributed by atoms with Crippen LogP contribution in [0.25, 0.3) is 0 Å². The maximum absolute atomic E-state index is 4.16. The molecule has 0 radical (unpaired) electrons. The Hall–Kier alpha value is -0.890. The van der Waals surface area contributed by atoms with Crippen LogP contribution in [0, 0.1) is 5.92 Å². The van der Waals surface area contributed by atoms with E-state index in [2.05, 4.69) is 30.2 Å². The van der Waals surface area contributed by atoms with Gasteiger partial charge in [0, 0.05) is 24.5 Å². The molecule has 1 aliphatic carbocycles. The lowest BCUT2D eigenvalue weighted by atomic mass is 10.1. The summed E-state index contributed by atoms with van der Waals surface area (Å²) >= 11 is 0. The van der Waals surface area contributed by atoms with E-state index >= 15 is 0 Å². The van der Waals surface area contributed by atoms with Crippen molar-refractivity contribution in [2.75, 3.05) is 0 Å². The van der Waals surface area contributed by atoms with Gasteiger partial charge in [-0.2, -0.15) is 0 Å². The summed E-state index contributed by atoms with van der Waals surface area (Å²) < 4.78 is 0. The third kappa shape index (κ3) is 2.78. The number of hydrogen-bond donors (Lipinski definition) is 1. The molecule has 15 heavy (non-hydrogen) atoms. The van der Waals surface area contributed by atoms with Crippen molar-refractivity contribution < 1.29 is 0 Å². The monoisotopic (exact) mass is 204 g/mol. The smallest absolute Gasteiger partial charge is 0.0315 e. The quantitative estimate of drug-likeness (QED) is 0.819. The van der Waals surface area contributed by atoms with Gasteiger partial charge in [-0.05, 0) is 43.7 Å². The molecule has 82 valence electrons. The minimum atomic E-state index is 0.425. The van der Waals surface area contributed by atoms with Gasteiger partial charge in [0.1, 0.15) is 0 Å². The maximum Gasteiger partial charge on any atom is 0.0315 e. The van der Waals surface area contributed by atoms with Gasteiger partial charge < -0.3 is 5.32 Å². The molecule has 1 fully saturated rings. The minimum absolute atomic E-state index is 0.425. The van der Waals surface area contributed by atoms with E-state index in [1.165, 1.54) is 24.8 Å². The lowest BCUT2D eigenvalue weighted by Gasteiger charge is -2.19. The van der Waals surface area contributed by atoms with E-state index in [1.807, 2.05) is 18.5 Å². The molecule has 1 aromatic rings. The predicted octanol–water partition coefficient (Wildman–Crippen LogP) is 2.92. The topological polar surface area (TPSA) is 24.9 Å². The molecule has 1 saturated carbocycles. The predicted molar refractivity (Wildman–Crippen MR) is 62.6 cm³/mol. The molecule has 2 heteroatoms. The Balaban J connectivity index is 1.90. The first-order valence-corrected chi connectivity index (χ1v) is 5.91. The molecule has 3 atom stereocenters. The van der Waals surface area contributed by atoms with Crippen LogP contribution in [0.5, 0.6) is 0 Å². The van der Waals surface area contributed by atoms with E-state index in [1.54, 1.807) is 0 Å². The summed E-state index contributed by atoms with van der Waals surface area (Å²) in [4.78, 5) is 4.16. The second kappa shape index (κ2) is 4.75. The molecule has 0 spiro atoms. The molecule has 1 aliphatic rings. The van der Waals surface area contributed by atoms with Crippen molar-refractivity contribution in [3.8, 4) is 0 Å². The number of rotatable bonds is 3. The van der Waals surface area contributed by atoms with Crippen molar-refractivity contribution in [3.05, 3.63) is 30.1 Å². The van der Waals surface area contributed by atoms with Gasteiger partial charge in [0.15, 0.2) is 0 Å². The van der Waals surface area contributed by atoms with Crippen molar-refractivity contribution in [1.29, 1.82) is 0 Å². The zero-order valence-electron chi connectivity index (χ0n) is 9.61. The summed E-state index contributed by atoms with van der Waals surface area (Å²) in [7, 11) is 0. The maximum atomic E-state index is 4.16. The van der Waals surface area contributed by atoms with Gasteiger partial charge in [-0.15, -0.1) is 0 Å².